The SMILES string of the molecule is Cc1ccc(NC(=O)c2oc3c(c2C)/C(=N/NC(=O)c2ccoc2C)CCC3)cc1C. The van der Waals surface area contributed by atoms with Crippen molar-refractivity contribution in [2.45, 2.75) is 47.0 Å². The van der Waals surface area contributed by atoms with Crippen molar-refractivity contribution < 1.29 is 18.4 Å². The van der Waals surface area contributed by atoms with Gasteiger partial charge in [0, 0.05) is 23.2 Å². The van der Waals surface area contributed by atoms with E-state index in [0.717, 1.165) is 46.5 Å². The van der Waals surface area contributed by atoms with Gasteiger partial charge in [-0.1, -0.05) is 6.07 Å². The van der Waals surface area contributed by atoms with Crippen LogP contribution in [-0.2, 0) is 6.42 Å². The molecule has 2 amide bonds. The van der Waals surface area contributed by atoms with E-state index in [-0.39, 0.29) is 17.6 Å². The van der Waals surface area contributed by atoms with E-state index in [1.807, 2.05) is 39.0 Å². The Kier molecular flexibility index (Phi) is 5.50. The summed E-state index contributed by atoms with van der Waals surface area (Å²) >= 11 is 0. The first-order chi connectivity index (χ1) is 14.8. The fraction of sp³-hybridized carbons (Fsp3) is 0.292. The van der Waals surface area contributed by atoms with Gasteiger partial charge in [-0.25, -0.2) is 5.43 Å². The van der Waals surface area contributed by atoms with Crippen molar-refractivity contribution in [1.29, 1.82) is 0 Å². The summed E-state index contributed by atoms with van der Waals surface area (Å²) in [6.07, 6.45) is 3.71. The summed E-state index contributed by atoms with van der Waals surface area (Å²) in [5, 5.41) is 7.26. The Bertz CT molecular complexity index is 1200. The van der Waals surface area contributed by atoms with Gasteiger partial charge in [0.05, 0.1) is 17.5 Å². The molecule has 31 heavy (non-hydrogen) atoms. The number of nitrogens with one attached hydrogen (secondary N) is 2. The number of nitrogens with zero attached hydrogens (tertiary/aromatic N) is 1. The Balaban J connectivity index is 1.57. The second-order valence-electron chi connectivity index (χ2n) is 7.85. The highest BCUT2D eigenvalue weighted by molar-refractivity contribution is 6.09. The quantitative estimate of drug-likeness (QED) is 0.592. The number of carbonyl (C=O) groups is 2. The van der Waals surface area contributed by atoms with E-state index in [1.165, 1.54) is 6.26 Å². The first kappa shape index (κ1) is 20.7. The number of fused-ring (bicyclic) bond motifs is 1. The number of furan rings is 2. The van der Waals surface area contributed by atoms with Gasteiger partial charge in [0.15, 0.2) is 5.76 Å². The molecule has 2 aromatic heterocycles. The first-order valence-electron chi connectivity index (χ1n) is 10.3. The molecule has 7 nitrogen and oxygen atoms in total. The number of benzene rings is 1. The standard InChI is InChI=1S/C24H25N3O4/c1-13-8-9-17(12-14(13)2)25-24(29)22-15(3)21-19(6-5-7-20(21)31-22)26-27-23(28)18-10-11-30-16(18)4/h8-12H,5-7H2,1-4H3,(H,25,29)(H,27,28)/b26-19+. The molecule has 0 fully saturated rings. The first-order valence-corrected chi connectivity index (χ1v) is 10.3. The molecular weight excluding hydrogens is 394 g/mol. The third kappa shape index (κ3) is 4.03. The minimum Gasteiger partial charge on any atom is -0.469 e. The number of rotatable bonds is 4. The lowest BCUT2D eigenvalue weighted by atomic mass is 9.93. The second-order valence-corrected chi connectivity index (χ2v) is 7.85. The van der Waals surface area contributed by atoms with Crippen LogP contribution in [0.4, 0.5) is 5.69 Å². The van der Waals surface area contributed by atoms with Crippen molar-refractivity contribution in [1.82, 2.24) is 5.43 Å². The number of amides is 2. The molecule has 1 aliphatic carbocycles. The monoisotopic (exact) mass is 419 g/mol. The Morgan fingerprint density at radius 2 is 1.81 bits per heavy atom. The molecular formula is C24H25N3O4. The van der Waals surface area contributed by atoms with E-state index in [2.05, 4.69) is 15.8 Å². The van der Waals surface area contributed by atoms with Crippen molar-refractivity contribution in [3.05, 3.63) is 75.6 Å². The highest BCUT2D eigenvalue weighted by Crippen LogP contribution is 2.30. The third-order valence-electron chi connectivity index (χ3n) is 5.69. The van der Waals surface area contributed by atoms with Crippen LogP contribution in [-0.4, -0.2) is 17.5 Å². The molecule has 3 aromatic rings. The van der Waals surface area contributed by atoms with Crippen molar-refractivity contribution in [2.75, 3.05) is 5.32 Å². The lowest BCUT2D eigenvalue weighted by molar-refractivity contribution is 0.0952. The van der Waals surface area contributed by atoms with E-state index < -0.39 is 0 Å². The summed E-state index contributed by atoms with van der Waals surface area (Å²) in [7, 11) is 0. The predicted molar refractivity (Wildman–Crippen MR) is 118 cm³/mol. The zero-order chi connectivity index (χ0) is 22.1. The van der Waals surface area contributed by atoms with Crippen LogP contribution in [0.25, 0.3) is 0 Å². The number of hydrogen-bond acceptors (Lipinski definition) is 5. The number of carbonyl (C=O) groups excluding carboxylic acids is 2. The van der Waals surface area contributed by atoms with Gasteiger partial charge in [-0.05, 0) is 69.9 Å². The Labute approximate surface area is 180 Å². The van der Waals surface area contributed by atoms with Gasteiger partial charge < -0.3 is 14.2 Å². The summed E-state index contributed by atoms with van der Waals surface area (Å²) in [5.41, 5.74) is 8.27. The largest absolute Gasteiger partial charge is 0.469 e. The summed E-state index contributed by atoms with van der Waals surface area (Å²) in [6.45, 7) is 7.60. The van der Waals surface area contributed by atoms with Gasteiger partial charge in [-0.15, -0.1) is 0 Å². The lowest BCUT2D eigenvalue weighted by Crippen LogP contribution is -2.22. The molecule has 7 heteroatoms. The molecule has 0 aliphatic heterocycles. The van der Waals surface area contributed by atoms with Crippen molar-refractivity contribution >= 4 is 23.2 Å². The van der Waals surface area contributed by atoms with Crippen molar-refractivity contribution in [3.8, 4) is 0 Å². The van der Waals surface area contributed by atoms with Gasteiger partial charge >= 0.3 is 0 Å². The molecule has 0 saturated heterocycles. The minimum atomic E-state index is -0.334. The summed E-state index contributed by atoms with van der Waals surface area (Å²) in [5.74, 6) is 0.899. The van der Waals surface area contributed by atoms with Crippen LogP contribution < -0.4 is 10.7 Å². The molecule has 1 aliphatic rings. The van der Waals surface area contributed by atoms with Gasteiger partial charge in [0.2, 0.25) is 0 Å². The smallest absolute Gasteiger partial charge is 0.291 e. The molecule has 0 unspecified atom stereocenters. The van der Waals surface area contributed by atoms with E-state index in [9.17, 15) is 9.59 Å². The van der Waals surface area contributed by atoms with Crippen LogP contribution in [0.3, 0.4) is 0 Å². The number of aryl methyl sites for hydroxylation is 4. The maximum Gasteiger partial charge on any atom is 0.291 e. The Morgan fingerprint density at radius 3 is 2.52 bits per heavy atom. The molecule has 0 bridgehead atoms. The molecule has 0 atom stereocenters. The zero-order valence-electron chi connectivity index (χ0n) is 18.1. The average molecular weight is 419 g/mol. The Hall–Kier alpha value is -3.61. The molecule has 2 heterocycles. The molecule has 0 spiro atoms. The molecule has 1 aromatic carbocycles. The van der Waals surface area contributed by atoms with Crippen molar-refractivity contribution in [3.63, 3.8) is 0 Å². The normalized spacial score (nSPS) is 14.4. The van der Waals surface area contributed by atoms with E-state index in [0.29, 0.717) is 23.5 Å². The van der Waals surface area contributed by atoms with Gasteiger partial charge in [-0.3, -0.25) is 9.59 Å². The topological polar surface area (TPSA) is 96.8 Å². The highest BCUT2D eigenvalue weighted by Gasteiger charge is 2.28. The van der Waals surface area contributed by atoms with Crippen LogP contribution in [0.1, 0.15) is 67.5 Å². The molecule has 0 saturated carbocycles. The van der Waals surface area contributed by atoms with E-state index in [4.69, 9.17) is 8.83 Å². The minimum absolute atomic E-state index is 0.273. The Morgan fingerprint density at radius 1 is 1.00 bits per heavy atom. The van der Waals surface area contributed by atoms with Crippen LogP contribution >= 0.6 is 0 Å². The predicted octanol–water partition coefficient (Wildman–Crippen LogP) is 4.83. The van der Waals surface area contributed by atoms with E-state index >= 15 is 0 Å². The van der Waals surface area contributed by atoms with Crippen LogP contribution in [0.2, 0.25) is 0 Å². The third-order valence-corrected chi connectivity index (χ3v) is 5.69. The van der Waals surface area contributed by atoms with Gasteiger partial charge in [0.25, 0.3) is 11.8 Å². The fourth-order valence-electron chi connectivity index (χ4n) is 3.80. The molecule has 160 valence electrons. The maximum absolute atomic E-state index is 12.9. The second kappa shape index (κ2) is 8.26. The average Bonchev–Trinajstić information content (AvgIpc) is 3.32. The number of hydrogen-bond donors (Lipinski definition) is 2. The van der Waals surface area contributed by atoms with E-state index in [1.54, 1.807) is 13.0 Å². The van der Waals surface area contributed by atoms with Crippen LogP contribution in [0.5, 0.6) is 0 Å². The summed E-state index contributed by atoms with van der Waals surface area (Å²) < 4.78 is 11.1. The van der Waals surface area contributed by atoms with Crippen LogP contribution in [0, 0.1) is 27.7 Å². The summed E-state index contributed by atoms with van der Waals surface area (Å²) in [6, 6.07) is 7.39. The zero-order valence-corrected chi connectivity index (χ0v) is 18.1. The molecule has 4 rings (SSSR count). The maximum atomic E-state index is 12.9. The van der Waals surface area contributed by atoms with Gasteiger partial charge in [-0.2, -0.15) is 5.10 Å². The lowest BCUT2D eigenvalue weighted by Gasteiger charge is -2.13. The fourth-order valence-corrected chi connectivity index (χ4v) is 3.80. The molecule has 0 radical (unpaired) electrons. The highest BCUT2D eigenvalue weighted by atomic mass is 16.4. The summed E-state index contributed by atoms with van der Waals surface area (Å²) in [4.78, 5) is 25.3. The van der Waals surface area contributed by atoms with Gasteiger partial charge in [0.1, 0.15) is 11.5 Å². The number of hydrazone groups is 1. The number of anilines is 1. The molecule has 2 N–H and O–H groups in total. The van der Waals surface area contributed by atoms with Crippen LogP contribution in [0.15, 0.2) is 44.5 Å². The van der Waals surface area contributed by atoms with Crippen molar-refractivity contribution in [2.24, 2.45) is 5.10 Å².